The van der Waals surface area contributed by atoms with E-state index in [0.717, 1.165) is 42.2 Å². The molecule has 0 aromatic heterocycles. The molecule has 0 aliphatic carbocycles. The molecule has 0 N–H and O–H groups in total. The molecule has 1 aliphatic heterocycles. The van der Waals surface area contributed by atoms with Crippen LogP contribution in [0.25, 0.3) is 0 Å². The van der Waals surface area contributed by atoms with Gasteiger partial charge in [0.25, 0.3) is 0 Å². The molecule has 0 amide bonds. The molecule has 1 radical (unpaired) electrons. The van der Waals surface area contributed by atoms with E-state index in [2.05, 4.69) is 26.1 Å². The van der Waals surface area contributed by atoms with Crippen LogP contribution in [0.15, 0.2) is 40.4 Å². The Morgan fingerprint density at radius 2 is 1.89 bits per heavy atom. The van der Waals surface area contributed by atoms with E-state index < -0.39 is 0 Å². The fourth-order valence-electron chi connectivity index (χ4n) is 1.72. The first-order valence-corrected chi connectivity index (χ1v) is 6.78. The van der Waals surface area contributed by atoms with Crippen LogP contribution in [0, 0.1) is 0 Å². The van der Waals surface area contributed by atoms with Crippen LogP contribution in [0.2, 0.25) is 0 Å². The van der Waals surface area contributed by atoms with Crippen molar-refractivity contribution in [2.75, 3.05) is 33.4 Å². The van der Waals surface area contributed by atoms with Crippen molar-refractivity contribution in [3.8, 4) is 0 Å². The molecule has 5 heteroatoms. The summed E-state index contributed by atoms with van der Waals surface area (Å²) < 4.78 is 6.15. The quantitative estimate of drug-likeness (QED) is 0.615. The van der Waals surface area contributed by atoms with Crippen molar-refractivity contribution in [3.05, 3.63) is 35.9 Å². The fourth-order valence-corrected chi connectivity index (χ4v) is 2.05. The van der Waals surface area contributed by atoms with E-state index in [4.69, 9.17) is 4.74 Å². The summed E-state index contributed by atoms with van der Waals surface area (Å²) in [7, 11) is 1.77. The Balaban J connectivity index is 2.28. The van der Waals surface area contributed by atoms with Gasteiger partial charge < -0.3 is 0 Å². The van der Waals surface area contributed by atoms with Gasteiger partial charge >= 0.3 is 115 Å². The molecule has 4 nitrogen and oxygen atoms in total. The number of morpholine rings is 1. The molecule has 1 saturated heterocycles. The number of aliphatic imine (C=N–C) groups is 1. The molecule has 1 aromatic carbocycles. The number of benzene rings is 1. The zero-order chi connectivity index (χ0) is 12.8. The second-order valence-corrected chi connectivity index (χ2v) is 4.72. The van der Waals surface area contributed by atoms with Crippen molar-refractivity contribution in [2.24, 2.45) is 10.1 Å². The molecule has 1 aromatic rings. The summed E-state index contributed by atoms with van der Waals surface area (Å²) >= 11 is 2.98. The maximum atomic E-state index is 5.32. The molecule has 2 rings (SSSR count). The Labute approximate surface area is 116 Å². The Morgan fingerprint density at radius 1 is 1.22 bits per heavy atom. The van der Waals surface area contributed by atoms with E-state index in [9.17, 15) is 0 Å². The summed E-state index contributed by atoms with van der Waals surface area (Å²) in [5, 5.41) is 6.72. The van der Waals surface area contributed by atoms with Gasteiger partial charge in [-0.2, -0.15) is 0 Å². The molecule has 0 atom stereocenters. The third-order valence-corrected chi connectivity index (χ3v) is 3.47. The number of hydrogen-bond donors (Lipinski definition) is 0. The summed E-state index contributed by atoms with van der Waals surface area (Å²) in [6.07, 6.45) is 0. The first-order valence-electron chi connectivity index (χ1n) is 5.92. The van der Waals surface area contributed by atoms with Gasteiger partial charge in [-0.05, 0) is 0 Å². The van der Waals surface area contributed by atoms with Crippen molar-refractivity contribution in [1.82, 2.24) is 5.01 Å². The zero-order valence-corrected chi connectivity index (χ0v) is 12.1. The van der Waals surface area contributed by atoms with E-state index in [1.807, 2.05) is 35.3 Å². The van der Waals surface area contributed by atoms with Crippen LogP contribution in [-0.4, -0.2) is 64.7 Å². The number of hydrogen-bond acceptors (Lipinski definition) is 4. The van der Waals surface area contributed by atoms with Crippen molar-refractivity contribution in [1.29, 1.82) is 0 Å². The molecule has 1 fully saturated rings. The molecule has 18 heavy (non-hydrogen) atoms. The Kier molecular flexibility index (Phi) is 4.93. The second kappa shape index (κ2) is 6.69. The van der Waals surface area contributed by atoms with E-state index in [1.165, 1.54) is 0 Å². The molecule has 95 valence electrons. The second-order valence-electron chi connectivity index (χ2n) is 3.91. The summed E-state index contributed by atoms with van der Waals surface area (Å²) in [5.74, 6) is 0. The van der Waals surface area contributed by atoms with Gasteiger partial charge in [0.05, 0.1) is 0 Å². The Hall–Kier alpha value is -1.16. The molecular weight excluding hydrogens is 293 g/mol. The van der Waals surface area contributed by atoms with E-state index in [-0.39, 0.29) is 0 Å². The monoisotopic (exact) mass is 310 g/mol. The van der Waals surface area contributed by atoms with Gasteiger partial charge in [0.2, 0.25) is 0 Å². The molecule has 0 bridgehead atoms. The maximum absolute atomic E-state index is 5.32. The summed E-state index contributed by atoms with van der Waals surface area (Å²) in [6.45, 7) is 3.12. The molecule has 1 aliphatic rings. The molecule has 1 heterocycles. The van der Waals surface area contributed by atoms with E-state index in [0.29, 0.717) is 0 Å². The van der Waals surface area contributed by atoms with Crippen molar-refractivity contribution in [2.45, 2.75) is 0 Å². The molecule has 0 saturated carbocycles. The summed E-state index contributed by atoms with van der Waals surface area (Å²) in [5.41, 5.74) is 1.96. The third kappa shape index (κ3) is 3.42. The van der Waals surface area contributed by atoms with Gasteiger partial charge in [0, 0.05) is 0 Å². The minimum atomic E-state index is 0.734. The molecular formula is C13H16N3OSe. The SMILES string of the molecule is CN=C([Se])/C(=N/N1CCOCC1)c1ccccc1. The summed E-state index contributed by atoms with van der Waals surface area (Å²) in [6, 6.07) is 10.1. The Morgan fingerprint density at radius 3 is 2.50 bits per heavy atom. The number of hydrazone groups is 1. The average Bonchev–Trinajstić information content (AvgIpc) is 2.46. The van der Waals surface area contributed by atoms with Crippen LogP contribution in [-0.2, 0) is 4.74 Å². The van der Waals surface area contributed by atoms with Crippen LogP contribution in [0.5, 0.6) is 0 Å². The van der Waals surface area contributed by atoms with Crippen molar-refractivity contribution in [3.63, 3.8) is 0 Å². The topological polar surface area (TPSA) is 37.2 Å². The van der Waals surface area contributed by atoms with Gasteiger partial charge in [-0.3, -0.25) is 0 Å². The van der Waals surface area contributed by atoms with Crippen molar-refractivity contribution < 1.29 is 4.74 Å². The Bertz CT molecular complexity index is 439. The van der Waals surface area contributed by atoms with Gasteiger partial charge in [-0.15, -0.1) is 0 Å². The number of rotatable bonds is 3. The minimum absolute atomic E-state index is 0.734. The van der Waals surface area contributed by atoms with E-state index in [1.54, 1.807) is 7.05 Å². The van der Waals surface area contributed by atoms with Crippen LogP contribution >= 0.6 is 0 Å². The average molecular weight is 309 g/mol. The van der Waals surface area contributed by atoms with Crippen LogP contribution in [0.4, 0.5) is 0 Å². The van der Waals surface area contributed by atoms with Gasteiger partial charge in [-0.1, -0.05) is 0 Å². The van der Waals surface area contributed by atoms with Crippen LogP contribution in [0.3, 0.4) is 0 Å². The van der Waals surface area contributed by atoms with Crippen molar-refractivity contribution >= 4 is 26.3 Å². The molecule has 0 unspecified atom stereocenters. The van der Waals surface area contributed by atoms with E-state index >= 15 is 0 Å². The zero-order valence-electron chi connectivity index (χ0n) is 10.4. The number of ether oxygens (including phenoxy) is 1. The molecule has 0 spiro atoms. The van der Waals surface area contributed by atoms with Gasteiger partial charge in [-0.25, -0.2) is 0 Å². The fraction of sp³-hybridized carbons (Fsp3) is 0.385. The van der Waals surface area contributed by atoms with Crippen LogP contribution < -0.4 is 0 Å². The summed E-state index contributed by atoms with van der Waals surface area (Å²) in [4.78, 5) is 4.20. The third-order valence-electron chi connectivity index (χ3n) is 2.68. The number of nitrogens with zero attached hydrogens (tertiary/aromatic N) is 3. The normalized spacial score (nSPS) is 17.9. The standard InChI is InChI=1S/C13H16N3OSe/c1-14-13(18)12(11-5-3-2-4-6-11)15-16-7-9-17-10-8-16/h2-6H,7-10H2,1H3/b14-13?,15-12+. The van der Waals surface area contributed by atoms with Gasteiger partial charge in [0.1, 0.15) is 0 Å². The van der Waals surface area contributed by atoms with Crippen LogP contribution in [0.1, 0.15) is 5.56 Å². The first-order chi connectivity index (χ1) is 8.81. The predicted octanol–water partition coefficient (Wildman–Crippen LogP) is 0.920. The van der Waals surface area contributed by atoms with Gasteiger partial charge in [0.15, 0.2) is 0 Å². The predicted molar refractivity (Wildman–Crippen MR) is 74.5 cm³/mol. The first kappa shape index (κ1) is 13.3.